The fourth-order valence-corrected chi connectivity index (χ4v) is 2.55. The monoisotopic (exact) mass is 324 g/mol. The van der Waals surface area contributed by atoms with E-state index < -0.39 is 0 Å². The highest BCUT2D eigenvalue weighted by Crippen LogP contribution is 2.20. The quantitative estimate of drug-likeness (QED) is 0.754. The number of carbonyl (C=O) groups excluding carboxylic acids is 1. The number of carbonyl (C=O) groups is 1. The Kier molecular flexibility index (Phi) is 4.58. The Hall–Kier alpha value is -1.36. The van der Waals surface area contributed by atoms with Gasteiger partial charge in [0.15, 0.2) is 10.5 Å². The van der Waals surface area contributed by atoms with Gasteiger partial charge in [0.05, 0.1) is 30.0 Å². The standard InChI is InChI=1S/C14H17BrN2O2/c1-3-11(4-2)17-7-5-10(16-17)9-13(18)12-6-8-19-14(12)15/h5-8,11H,3-4,9H2,1-2H3. The summed E-state index contributed by atoms with van der Waals surface area (Å²) in [5, 5.41) is 4.48. The lowest BCUT2D eigenvalue weighted by molar-refractivity contribution is 0.0990. The number of Topliss-reactive ketones (excluding diaryl/α,β-unsaturated/α-hetero) is 1. The molecule has 2 aromatic rings. The highest BCUT2D eigenvalue weighted by atomic mass is 79.9. The molecule has 0 N–H and O–H groups in total. The molecule has 0 aromatic carbocycles. The lowest BCUT2D eigenvalue weighted by Crippen LogP contribution is -2.09. The molecule has 0 aliphatic carbocycles. The van der Waals surface area contributed by atoms with Crippen LogP contribution in [0.4, 0.5) is 0 Å². The summed E-state index contributed by atoms with van der Waals surface area (Å²) in [6.45, 7) is 4.28. The maximum atomic E-state index is 12.1. The molecule has 19 heavy (non-hydrogen) atoms. The molecule has 2 aromatic heterocycles. The molecule has 4 nitrogen and oxygen atoms in total. The number of rotatable bonds is 6. The van der Waals surface area contributed by atoms with Gasteiger partial charge in [-0.15, -0.1) is 0 Å². The van der Waals surface area contributed by atoms with E-state index in [2.05, 4.69) is 34.9 Å². The van der Waals surface area contributed by atoms with Crippen LogP contribution >= 0.6 is 15.9 Å². The summed E-state index contributed by atoms with van der Waals surface area (Å²) in [5.74, 6) is 0.00965. The minimum absolute atomic E-state index is 0.00965. The van der Waals surface area contributed by atoms with Crippen molar-refractivity contribution in [1.82, 2.24) is 9.78 Å². The first kappa shape index (κ1) is 14.1. The van der Waals surface area contributed by atoms with Gasteiger partial charge in [-0.3, -0.25) is 9.48 Å². The van der Waals surface area contributed by atoms with Crippen molar-refractivity contribution < 1.29 is 9.21 Å². The van der Waals surface area contributed by atoms with Gasteiger partial charge in [0.2, 0.25) is 0 Å². The van der Waals surface area contributed by atoms with E-state index in [1.54, 1.807) is 6.07 Å². The maximum absolute atomic E-state index is 12.1. The molecule has 0 amide bonds. The largest absolute Gasteiger partial charge is 0.457 e. The second-order valence-electron chi connectivity index (χ2n) is 4.47. The van der Waals surface area contributed by atoms with Crippen molar-refractivity contribution in [2.24, 2.45) is 0 Å². The average molecular weight is 325 g/mol. The third-order valence-electron chi connectivity index (χ3n) is 3.24. The van der Waals surface area contributed by atoms with Crippen molar-refractivity contribution in [2.75, 3.05) is 0 Å². The van der Waals surface area contributed by atoms with E-state index in [-0.39, 0.29) is 5.78 Å². The fraction of sp³-hybridized carbons (Fsp3) is 0.429. The van der Waals surface area contributed by atoms with Crippen LogP contribution in [-0.4, -0.2) is 15.6 Å². The van der Waals surface area contributed by atoms with Crippen LogP contribution in [-0.2, 0) is 6.42 Å². The lowest BCUT2D eigenvalue weighted by atomic mass is 10.1. The molecule has 0 radical (unpaired) electrons. The van der Waals surface area contributed by atoms with Crippen molar-refractivity contribution in [3.05, 3.63) is 40.5 Å². The molecule has 0 unspecified atom stereocenters. The summed E-state index contributed by atoms with van der Waals surface area (Å²) >= 11 is 3.22. The number of nitrogens with zero attached hydrogens (tertiary/aromatic N) is 2. The molecule has 0 atom stereocenters. The van der Waals surface area contributed by atoms with E-state index in [1.807, 2.05) is 16.9 Å². The molecule has 0 saturated heterocycles. The van der Waals surface area contributed by atoms with E-state index in [9.17, 15) is 4.79 Å². The van der Waals surface area contributed by atoms with Crippen LogP contribution in [0.5, 0.6) is 0 Å². The number of aromatic nitrogens is 2. The normalized spacial score (nSPS) is 11.2. The Bertz CT molecular complexity index is 555. The SMILES string of the molecule is CCC(CC)n1ccc(CC(=O)c2ccoc2Br)n1. The second-order valence-corrected chi connectivity index (χ2v) is 5.19. The predicted molar refractivity (Wildman–Crippen MR) is 76.3 cm³/mol. The third kappa shape index (κ3) is 3.15. The summed E-state index contributed by atoms with van der Waals surface area (Å²) in [7, 11) is 0. The molecule has 102 valence electrons. The molecule has 5 heteroatoms. The van der Waals surface area contributed by atoms with Gasteiger partial charge in [0.25, 0.3) is 0 Å². The zero-order chi connectivity index (χ0) is 13.8. The van der Waals surface area contributed by atoms with Gasteiger partial charge >= 0.3 is 0 Å². The topological polar surface area (TPSA) is 48.0 Å². The molecule has 0 aliphatic heterocycles. The first-order chi connectivity index (χ1) is 9.15. The first-order valence-corrected chi connectivity index (χ1v) is 7.25. The van der Waals surface area contributed by atoms with Gasteiger partial charge in [-0.2, -0.15) is 5.10 Å². The van der Waals surface area contributed by atoms with Gasteiger partial charge < -0.3 is 4.42 Å². The maximum Gasteiger partial charge on any atom is 0.179 e. The van der Waals surface area contributed by atoms with E-state index in [4.69, 9.17) is 4.42 Å². The van der Waals surface area contributed by atoms with Gasteiger partial charge in [-0.05, 0) is 40.9 Å². The lowest BCUT2D eigenvalue weighted by Gasteiger charge is -2.12. The number of ketones is 1. The van der Waals surface area contributed by atoms with Gasteiger partial charge in [-0.1, -0.05) is 13.8 Å². The van der Waals surface area contributed by atoms with E-state index in [0.717, 1.165) is 18.5 Å². The van der Waals surface area contributed by atoms with Crippen LogP contribution in [0.25, 0.3) is 0 Å². The zero-order valence-electron chi connectivity index (χ0n) is 11.1. The molecular formula is C14H17BrN2O2. The first-order valence-electron chi connectivity index (χ1n) is 6.45. The average Bonchev–Trinajstić information content (AvgIpc) is 3.00. The predicted octanol–water partition coefficient (Wildman–Crippen LogP) is 4.03. The van der Waals surface area contributed by atoms with Gasteiger partial charge in [0.1, 0.15) is 0 Å². The summed E-state index contributed by atoms with van der Waals surface area (Å²) in [4.78, 5) is 12.1. The zero-order valence-corrected chi connectivity index (χ0v) is 12.7. The minimum Gasteiger partial charge on any atom is -0.457 e. The second kappa shape index (κ2) is 6.19. The van der Waals surface area contributed by atoms with Crippen molar-refractivity contribution in [3.63, 3.8) is 0 Å². The highest BCUT2D eigenvalue weighted by molar-refractivity contribution is 9.10. The van der Waals surface area contributed by atoms with Crippen molar-refractivity contribution in [1.29, 1.82) is 0 Å². The van der Waals surface area contributed by atoms with Crippen LogP contribution in [0.1, 0.15) is 48.8 Å². The number of halogens is 1. The Morgan fingerprint density at radius 1 is 1.42 bits per heavy atom. The molecule has 0 bridgehead atoms. The smallest absolute Gasteiger partial charge is 0.179 e. The third-order valence-corrected chi connectivity index (χ3v) is 3.85. The van der Waals surface area contributed by atoms with Crippen LogP contribution < -0.4 is 0 Å². The van der Waals surface area contributed by atoms with Crippen molar-refractivity contribution in [3.8, 4) is 0 Å². The van der Waals surface area contributed by atoms with E-state index >= 15 is 0 Å². The number of hydrogen-bond acceptors (Lipinski definition) is 3. The molecule has 2 rings (SSSR count). The number of furan rings is 1. The number of hydrogen-bond donors (Lipinski definition) is 0. The Labute approximate surface area is 120 Å². The molecule has 2 heterocycles. The van der Waals surface area contributed by atoms with Crippen molar-refractivity contribution in [2.45, 2.75) is 39.2 Å². The Morgan fingerprint density at radius 2 is 2.16 bits per heavy atom. The van der Waals surface area contributed by atoms with Crippen LogP contribution in [0.15, 0.2) is 33.7 Å². The molecule has 0 saturated carbocycles. The summed E-state index contributed by atoms with van der Waals surface area (Å²) in [6.07, 6.45) is 5.83. The Morgan fingerprint density at radius 3 is 2.74 bits per heavy atom. The summed E-state index contributed by atoms with van der Waals surface area (Å²) in [5.41, 5.74) is 1.36. The highest BCUT2D eigenvalue weighted by Gasteiger charge is 2.15. The van der Waals surface area contributed by atoms with Crippen LogP contribution in [0.2, 0.25) is 0 Å². The van der Waals surface area contributed by atoms with Crippen molar-refractivity contribution >= 4 is 21.7 Å². The van der Waals surface area contributed by atoms with Gasteiger partial charge in [0, 0.05) is 6.20 Å². The molecule has 0 spiro atoms. The minimum atomic E-state index is 0.00965. The van der Waals surface area contributed by atoms with Crippen LogP contribution in [0, 0.1) is 0 Å². The Balaban J connectivity index is 2.08. The van der Waals surface area contributed by atoms with Gasteiger partial charge in [-0.25, -0.2) is 0 Å². The summed E-state index contributed by atoms with van der Waals surface area (Å²) < 4.78 is 7.51. The summed E-state index contributed by atoms with van der Waals surface area (Å²) in [6, 6.07) is 3.98. The van der Waals surface area contributed by atoms with E-state index in [0.29, 0.717) is 22.7 Å². The molecule has 0 fully saturated rings. The molecular weight excluding hydrogens is 308 g/mol. The van der Waals surface area contributed by atoms with Crippen LogP contribution in [0.3, 0.4) is 0 Å². The molecule has 0 aliphatic rings. The van der Waals surface area contributed by atoms with E-state index in [1.165, 1.54) is 6.26 Å². The fourth-order valence-electron chi connectivity index (χ4n) is 2.09.